The monoisotopic (exact) mass is 295 g/mol. The van der Waals surface area contributed by atoms with Gasteiger partial charge in [0.1, 0.15) is 0 Å². The molecule has 1 amide bonds. The van der Waals surface area contributed by atoms with E-state index in [-0.39, 0.29) is 29.3 Å². The van der Waals surface area contributed by atoms with E-state index in [0.29, 0.717) is 18.6 Å². The topological polar surface area (TPSA) is 83.5 Å². The normalized spacial score (nSPS) is 27.9. The largest absolute Gasteiger partial charge is 0.396 e. The molecule has 5 nitrogen and oxygen atoms in total. The molecule has 2 unspecified atom stereocenters. The van der Waals surface area contributed by atoms with Gasteiger partial charge in [-0.2, -0.15) is 0 Å². The average Bonchev–Trinajstić information content (AvgIpc) is 2.50. The van der Waals surface area contributed by atoms with Gasteiger partial charge in [-0.25, -0.2) is 8.42 Å². The fourth-order valence-electron chi connectivity index (χ4n) is 1.96. The zero-order chi connectivity index (χ0) is 13.8. The highest BCUT2D eigenvalue weighted by Gasteiger charge is 2.39. The molecule has 1 fully saturated rings. The summed E-state index contributed by atoms with van der Waals surface area (Å²) in [5.41, 5.74) is -0.614. The van der Waals surface area contributed by atoms with Crippen molar-refractivity contribution in [2.24, 2.45) is 0 Å². The molecule has 0 aromatic carbocycles. The highest BCUT2D eigenvalue weighted by atomic mass is 32.2. The Kier molecular flexibility index (Phi) is 5.48. The van der Waals surface area contributed by atoms with E-state index < -0.39 is 15.4 Å². The highest BCUT2D eigenvalue weighted by molar-refractivity contribution is 8.00. The Bertz CT molecular complexity index is 396. The maximum atomic E-state index is 11.7. The number of rotatable bonds is 6. The molecule has 18 heavy (non-hydrogen) atoms. The zero-order valence-electron chi connectivity index (χ0n) is 10.8. The summed E-state index contributed by atoms with van der Waals surface area (Å²) in [6, 6.07) is 0. The van der Waals surface area contributed by atoms with E-state index in [1.807, 2.05) is 6.92 Å². The van der Waals surface area contributed by atoms with Crippen LogP contribution in [-0.2, 0) is 14.6 Å². The van der Waals surface area contributed by atoms with Crippen molar-refractivity contribution >= 4 is 27.5 Å². The minimum atomic E-state index is -2.99. The third kappa shape index (κ3) is 5.16. The van der Waals surface area contributed by atoms with Gasteiger partial charge in [0.2, 0.25) is 5.91 Å². The Morgan fingerprint density at radius 1 is 1.56 bits per heavy atom. The Hall–Kier alpha value is -0.270. The lowest BCUT2D eigenvalue weighted by molar-refractivity contribution is -0.120. The van der Waals surface area contributed by atoms with Crippen molar-refractivity contribution in [1.82, 2.24) is 5.32 Å². The Balaban J connectivity index is 2.37. The van der Waals surface area contributed by atoms with Crippen LogP contribution >= 0.6 is 11.8 Å². The minimum absolute atomic E-state index is 0.0304. The molecule has 0 spiro atoms. The standard InChI is InChI=1S/C11H21NO4S2/c1-9(3-5-13)17-7-10(14)12-11(2)4-6-18(15,16)8-11/h9,13H,3-8H2,1-2H3,(H,12,14). The zero-order valence-corrected chi connectivity index (χ0v) is 12.4. The van der Waals surface area contributed by atoms with Gasteiger partial charge < -0.3 is 10.4 Å². The first-order valence-corrected chi connectivity index (χ1v) is 8.87. The van der Waals surface area contributed by atoms with Crippen molar-refractivity contribution in [1.29, 1.82) is 0 Å². The minimum Gasteiger partial charge on any atom is -0.396 e. The molecular weight excluding hydrogens is 274 g/mol. The molecule has 1 aliphatic rings. The molecule has 1 saturated heterocycles. The summed E-state index contributed by atoms with van der Waals surface area (Å²) in [6.45, 7) is 3.85. The number of amides is 1. The quantitative estimate of drug-likeness (QED) is 0.730. The first kappa shape index (κ1) is 15.8. The van der Waals surface area contributed by atoms with E-state index >= 15 is 0 Å². The first-order chi connectivity index (χ1) is 8.26. The van der Waals surface area contributed by atoms with E-state index in [1.54, 1.807) is 6.92 Å². The second kappa shape index (κ2) is 6.25. The lowest BCUT2D eigenvalue weighted by Gasteiger charge is -2.24. The molecule has 0 saturated carbocycles. The summed E-state index contributed by atoms with van der Waals surface area (Å²) in [5.74, 6) is 0.349. The smallest absolute Gasteiger partial charge is 0.230 e. The molecule has 0 bridgehead atoms. The Morgan fingerprint density at radius 3 is 2.72 bits per heavy atom. The van der Waals surface area contributed by atoms with Crippen LogP contribution in [0.4, 0.5) is 0 Å². The van der Waals surface area contributed by atoms with E-state index in [4.69, 9.17) is 5.11 Å². The molecule has 2 N–H and O–H groups in total. The summed E-state index contributed by atoms with van der Waals surface area (Å²) in [5, 5.41) is 11.8. The van der Waals surface area contributed by atoms with Gasteiger partial charge >= 0.3 is 0 Å². The Labute approximate surface area is 113 Å². The first-order valence-electron chi connectivity index (χ1n) is 6.00. The van der Waals surface area contributed by atoms with Crippen LogP contribution in [0.2, 0.25) is 0 Å². The third-order valence-corrected chi connectivity index (χ3v) is 6.12. The van der Waals surface area contributed by atoms with Gasteiger partial charge in [-0.3, -0.25) is 4.79 Å². The Morgan fingerprint density at radius 2 is 2.22 bits per heavy atom. The number of hydrogen-bond donors (Lipinski definition) is 2. The average molecular weight is 295 g/mol. The molecule has 2 atom stereocenters. The molecule has 0 aromatic heterocycles. The van der Waals surface area contributed by atoms with E-state index in [9.17, 15) is 13.2 Å². The van der Waals surface area contributed by atoms with Gasteiger partial charge in [0.25, 0.3) is 0 Å². The second-order valence-corrected chi connectivity index (χ2v) is 8.70. The van der Waals surface area contributed by atoms with Crippen LogP contribution in [0, 0.1) is 0 Å². The van der Waals surface area contributed by atoms with Gasteiger partial charge in [-0.05, 0) is 19.8 Å². The molecule has 0 aliphatic carbocycles. The van der Waals surface area contributed by atoms with E-state index in [1.165, 1.54) is 11.8 Å². The van der Waals surface area contributed by atoms with Crippen LogP contribution in [-0.4, -0.2) is 54.1 Å². The number of carbonyl (C=O) groups excluding carboxylic acids is 1. The fourth-order valence-corrected chi connectivity index (χ4v) is 4.84. The van der Waals surface area contributed by atoms with Crippen LogP contribution in [0.1, 0.15) is 26.7 Å². The van der Waals surface area contributed by atoms with Crippen molar-refractivity contribution in [2.75, 3.05) is 23.9 Å². The van der Waals surface area contributed by atoms with Crippen molar-refractivity contribution in [3.05, 3.63) is 0 Å². The predicted molar refractivity (Wildman–Crippen MR) is 73.4 cm³/mol. The van der Waals surface area contributed by atoms with Crippen molar-refractivity contribution < 1.29 is 18.3 Å². The summed E-state index contributed by atoms with van der Waals surface area (Å²) in [6.07, 6.45) is 1.14. The lowest BCUT2D eigenvalue weighted by Crippen LogP contribution is -2.47. The number of carbonyl (C=O) groups is 1. The number of aliphatic hydroxyl groups excluding tert-OH is 1. The van der Waals surface area contributed by atoms with E-state index in [0.717, 1.165) is 0 Å². The molecule has 106 valence electrons. The SMILES string of the molecule is CC(CCO)SCC(=O)NC1(C)CCS(=O)(=O)C1. The predicted octanol–water partition coefficient (Wildman–Crippen LogP) is 0.184. The van der Waals surface area contributed by atoms with Gasteiger partial charge in [0.05, 0.1) is 22.8 Å². The lowest BCUT2D eigenvalue weighted by atomic mass is 10.0. The second-order valence-electron chi connectivity index (χ2n) is 5.08. The summed E-state index contributed by atoms with van der Waals surface area (Å²) < 4.78 is 22.8. The third-order valence-electron chi connectivity index (χ3n) is 2.98. The number of thioether (sulfide) groups is 1. The van der Waals surface area contributed by atoms with Gasteiger partial charge in [0, 0.05) is 11.9 Å². The molecule has 1 rings (SSSR count). The molecule has 0 aromatic rings. The van der Waals surface area contributed by atoms with Crippen molar-refractivity contribution in [3.63, 3.8) is 0 Å². The number of nitrogens with one attached hydrogen (secondary N) is 1. The maximum Gasteiger partial charge on any atom is 0.230 e. The number of aliphatic hydroxyl groups is 1. The molecular formula is C11H21NO4S2. The summed E-state index contributed by atoms with van der Waals surface area (Å²) >= 11 is 1.47. The van der Waals surface area contributed by atoms with Crippen molar-refractivity contribution in [2.45, 2.75) is 37.5 Å². The van der Waals surface area contributed by atoms with Gasteiger partial charge in [-0.15, -0.1) is 11.8 Å². The van der Waals surface area contributed by atoms with Crippen LogP contribution in [0.15, 0.2) is 0 Å². The van der Waals surface area contributed by atoms with E-state index in [2.05, 4.69) is 5.32 Å². The van der Waals surface area contributed by atoms with Crippen LogP contribution in [0.3, 0.4) is 0 Å². The summed E-state index contributed by atoms with van der Waals surface area (Å²) in [4.78, 5) is 11.7. The number of sulfone groups is 1. The molecule has 0 radical (unpaired) electrons. The van der Waals surface area contributed by atoms with Crippen LogP contribution in [0.5, 0.6) is 0 Å². The molecule has 1 heterocycles. The van der Waals surface area contributed by atoms with Crippen molar-refractivity contribution in [3.8, 4) is 0 Å². The molecule has 1 aliphatic heterocycles. The summed E-state index contributed by atoms with van der Waals surface area (Å²) in [7, 11) is -2.99. The highest BCUT2D eigenvalue weighted by Crippen LogP contribution is 2.23. The number of hydrogen-bond acceptors (Lipinski definition) is 5. The van der Waals surface area contributed by atoms with Gasteiger partial charge in [0.15, 0.2) is 9.84 Å². The maximum absolute atomic E-state index is 11.7. The van der Waals surface area contributed by atoms with Crippen LogP contribution < -0.4 is 5.32 Å². The van der Waals surface area contributed by atoms with Crippen LogP contribution in [0.25, 0.3) is 0 Å². The molecule has 7 heteroatoms. The van der Waals surface area contributed by atoms with Gasteiger partial charge in [-0.1, -0.05) is 6.92 Å². The fraction of sp³-hybridized carbons (Fsp3) is 0.909.